The number of nitrogens with zero attached hydrogens (tertiary/aromatic N) is 1. The van der Waals surface area contributed by atoms with E-state index in [1.165, 1.54) is 4.31 Å². The Hall–Kier alpha value is -1.89. The van der Waals surface area contributed by atoms with Crippen LogP contribution in [0.4, 0.5) is 0 Å². The number of rotatable bonds is 5. The van der Waals surface area contributed by atoms with Crippen molar-refractivity contribution in [3.63, 3.8) is 0 Å². The Kier molecular flexibility index (Phi) is 6.12. The summed E-state index contributed by atoms with van der Waals surface area (Å²) in [6.07, 6.45) is 1.28. The summed E-state index contributed by atoms with van der Waals surface area (Å²) < 4.78 is 27.8. The van der Waals surface area contributed by atoms with E-state index in [9.17, 15) is 13.2 Å². The molecule has 1 atom stereocenters. The van der Waals surface area contributed by atoms with E-state index < -0.39 is 15.4 Å². The number of nitrogens with one attached hydrogen (secondary N) is 1. The van der Waals surface area contributed by atoms with E-state index in [4.69, 9.17) is 11.6 Å². The molecule has 0 bridgehead atoms. The van der Waals surface area contributed by atoms with Gasteiger partial charge in [0.1, 0.15) is 0 Å². The van der Waals surface area contributed by atoms with Crippen molar-refractivity contribution < 1.29 is 13.2 Å². The molecule has 1 aliphatic heterocycles. The van der Waals surface area contributed by atoms with Crippen LogP contribution < -0.4 is 5.32 Å². The van der Waals surface area contributed by atoms with E-state index in [2.05, 4.69) is 5.32 Å². The fourth-order valence-corrected chi connectivity index (χ4v) is 5.66. The molecule has 1 amide bonds. The lowest BCUT2D eigenvalue weighted by molar-refractivity contribution is -0.132. The Bertz CT molecular complexity index is 963. The summed E-state index contributed by atoms with van der Waals surface area (Å²) in [5.41, 5.74) is 0.770. The summed E-state index contributed by atoms with van der Waals surface area (Å²) in [4.78, 5) is 13.1. The highest BCUT2D eigenvalue weighted by molar-refractivity contribution is 7.89. The fourth-order valence-electron chi connectivity index (χ4n) is 3.58. The molecule has 1 saturated heterocycles. The first kappa shape index (κ1) is 20.8. The predicted octanol–water partition coefficient (Wildman–Crippen LogP) is 3.76. The van der Waals surface area contributed by atoms with Crippen molar-refractivity contribution in [2.75, 3.05) is 13.1 Å². The topological polar surface area (TPSA) is 66.5 Å². The van der Waals surface area contributed by atoms with E-state index in [0.29, 0.717) is 36.5 Å². The second kappa shape index (κ2) is 8.23. The molecule has 7 heteroatoms. The van der Waals surface area contributed by atoms with Gasteiger partial charge in [0.15, 0.2) is 0 Å². The summed E-state index contributed by atoms with van der Waals surface area (Å²) in [6.45, 7) is 4.51. The van der Waals surface area contributed by atoms with Crippen LogP contribution in [-0.2, 0) is 21.4 Å². The van der Waals surface area contributed by atoms with Crippen molar-refractivity contribution in [1.82, 2.24) is 9.62 Å². The number of hydrogen-bond acceptors (Lipinski definition) is 3. The third-order valence-corrected chi connectivity index (χ3v) is 7.74. The van der Waals surface area contributed by atoms with Crippen LogP contribution in [0.25, 0.3) is 0 Å². The molecule has 0 aromatic heterocycles. The van der Waals surface area contributed by atoms with Gasteiger partial charge in [0.05, 0.1) is 10.3 Å². The number of carbonyl (C=O) groups excluding carboxylic acids is 1. The molecule has 2 aromatic carbocycles. The third-order valence-electron chi connectivity index (χ3n) is 5.34. The number of amides is 1. The highest BCUT2D eigenvalue weighted by Gasteiger charge is 2.42. The number of sulfonamides is 1. The SMILES string of the molecule is Cc1c(Cl)cccc1S(=O)(=O)N1CCCC(C)(C(=O)NCc2ccccc2)C1. The van der Waals surface area contributed by atoms with Crippen LogP contribution in [0.15, 0.2) is 53.4 Å². The van der Waals surface area contributed by atoms with Crippen LogP contribution in [-0.4, -0.2) is 31.7 Å². The molecule has 1 aliphatic rings. The lowest BCUT2D eigenvalue weighted by Gasteiger charge is -2.38. The van der Waals surface area contributed by atoms with Crippen LogP contribution in [0.3, 0.4) is 0 Å². The largest absolute Gasteiger partial charge is 0.352 e. The van der Waals surface area contributed by atoms with Crippen LogP contribution in [0, 0.1) is 12.3 Å². The first-order chi connectivity index (χ1) is 13.2. The minimum absolute atomic E-state index is 0.126. The van der Waals surface area contributed by atoms with Gasteiger partial charge in [0.25, 0.3) is 0 Å². The Labute approximate surface area is 171 Å². The second-order valence-electron chi connectivity index (χ2n) is 7.53. The predicted molar refractivity (Wildman–Crippen MR) is 111 cm³/mol. The van der Waals surface area contributed by atoms with Gasteiger partial charge in [-0.25, -0.2) is 8.42 Å². The normalized spacial score (nSPS) is 20.7. The van der Waals surface area contributed by atoms with Crippen LogP contribution in [0.1, 0.15) is 30.9 Å². The molecular formula is C21H25ClN2O3S. The Morgan fingerprint density at radius 3 is 2.61 bits per heavy atom. The molecular weight excluding hydrogens is 396 g/mol. The van der Waals surface area contributed by atoms with Gasteiger partial charge in [0, 0.05) is 24.7 Å². The molecule has 1 fully saturated rings. The molecule has 1 N–H and O–H groups in total. The Morgan fingerprint density at radius 1 is 1.18 bits per heavy atom. The fraction of sp³-hybridized carbons (Fsp3) is 0.381. The van der Waals surface area contributed by atoms with Gasteiger partial charge < -0.3 is 5.32 Å². The van der Waals surface area contributed by atoms with Gasteiger partial charge in [-0.05, 0) is 49.9 Å². The average molecular weight is 421 g/mol. The highest BCUT2D eigenvalue weighted by Crippen LogP contribution is 2.34. The summed E-state index contributed by atoms with van der Waals surface area (Å²) in [6, 6.07) is 14.5. The van der Waals surface area contributed by atoms with E-state index in [1.807, 2.05) is 37.3 Å². The zero-order chi connectivity index (χ0) is 20.4. The molecule has 28 heavy (non-hydrogen) atoms. The van der Waals surface area contributed by atoms with E-state index in [-0.39, 0.29) is 17.3 Å². The van der Waals surface area contributed by atoms with Crippen molar-refractivity contribution in [2.45, 2.75) is 38.1 Å². The zero-order valence-corrected chi connectivity index (χ0v) is 17.7. The molecule has 1 heterocycles. The van der Waals surface area contributed by atoms with Crippen molar-refractivity contribution >= 4 is 27.5 Å². The van der Waals surface area contributed by atoms with E-state index in [1.54, 1.807) is 25.1 Å². The highest BCUT2D eigenvalue weighted by atomic mass is 35.5. The minimum Gasteiger partial charge on any atom is -0.352 e. The van der Waals surface area contributed by atoms with Gasteiger partial charge in [-0.1, -0.05) is 48.0 Å². The van der Waals surface area contributed by atoms with Gasteiger partial charge >= 0.3 is 0 Å². The molecule has 0 aliphatic carbocycles. The maximum Gasteiger partial charge on any atom is 0.243 e. The number of piperidine rings is 1. The standard InChI is InChI=1S/C21H25ClN2O3S/c1-16-18(22)10-6-11-19(16)28(26,27)24-13-7-12-21(2,15-24)20(25)23-14-17-8-4-3-5-9-17/h3-6,8-11H,7,12-15H2,1-2H3,(H,23,25). The third kappa shape index (κ3) is 4.24. The van der Waals surface area contributed by atoms with Crippen LogP contribution >= 0.6 is 11.6 Å². The summed E-state index contributed by atoms with van der Waals surface area (Å²) in [5.74, 6) is -0.126. The maximum absolute atomic E-state index is 13.2. The van der Waals surface area contributed by atoms with Gasteiger partial charge in [-0.2, -0.15) is 4.31 Å². The zero-order valence-electron chi connectivity index (χ0n) is 16.1. The Morgan fingerprint density at radius 2 is 1.89 bits per heavy atom. The molecule has 3 rings (SSSR count). The first-order valence-corrected chi connectivity index (χ1v) is 11.1. The number of carbonyl (C=O) groups is 1. The first-order valence-electron chi connectivity index (χ1n) is 9.31. The summed E-state index contributed by atoms with van der Waals surface area (Å²) in [5, 5.41) is 3.38. The summed E-state index contributed by atoms with van der Waals surface area (Å²) >= 11 is 6.12. The number of halogens is 1. The number of hydrogen-bond donors (Lipinski definition) is 1. The van der Waals surface area contributed by atoms with Crippen LogP contribution in [0.2, 0.25) is 5.02 Å². The molecule has 0 saturated carbocycles. The quantitative estimate of drug-likeness (QED) is 0.800. The average Bonchev–Trinajstić information content (AvgIpc) is 2.69. The minimum atomic E-state index is -3.72. The smallest absolute Gasteiger partial charge is 0.243 e. The van der Waals surface area contributed by atoms with Gasteiger partial charge in [-0.3, -0.25) is 4.79 Å². The summed E-state index contributed by atoms with van der Waals surface area (Å²) in [7, 11) is -3.72. The van der Waals surface area contributed by atoms with Crippen molar-refractivity contribution in [1.29, 1.82) is 0 Å². The molecule has 150 valence electrons. The van der Waals surface area contributed by atoms with E-state index >= 15 is 0 Å². The van der Waals surface area contributed by atoms with Gasteiger partial charge in [-0.15, -0.1) is 0 Å². The van der Waals surface area contributed by atoms with Crippen molar-refractivity contribution in [3.8, 4) is 0 Å². The lowest BCUT2D eigenvalue weighted by atomic mass is 9.82. The van der Waals surface area contributed by atoms with E-state index in [0.717, 1.165) is 5.56 Å². The molecule has 0 radical (unpaired) electrons. The van der Waals surface area contributed by atoms with Gasteiger partial charge in [0.2, 0.25) is 15.9 Å². The van der Waals surface area contributed by atoms with Crippen molar-refractivity contribution in [3.05, 3.63) is 64.7 Å². The molecule has 2 aromatic rings. The number of benzene rings is 2. The van der Waals surface area contributed by atoms with Crippen molar-refractivity contribution in [2.24, 2.45) is 5.41 Å². The molecule has 5 nitrogen and oxygen atoms in total. The maximum atomic E-state index is 13.2. The Balaban J connectivity index is 1.76. The molecule has 0 spiro atoms. The second-order valence-corrected chi connectivity index (χ2v) is 9.85. The molecule has 1 unspecified atom stereocenters. The monoisotopic (exact) mass is 420 g/mol. The van der Waals surface area contributed by atoms with Crippen LogP contribution in [0.5, 0.6) is 0 Å². The lowest BCUT2D eigenvalue weighted by Crippen LogP contribution is -2.51.